The van der Waals surface area contributed by atoms with E-state index in [4.69, 9.17) is 14.2 Å². The number of rotatable bonds is 4. The zero-order chi connectivity index (χ0) is 14.0. The lowest BCUT2D eigenvalue weighted by Crippen LogP contribution is -2.30. The largest absolute Gasteiger partial charge is 0.618 e. The molecule has 1 fully saturated rings. The fourth-order valence-electron chi connectivity index (χ4n) is 2.08. The summed E-state index contributed by atoms with van der Waals surface area (Å²) in [4.78, 5) is 0. The van der Waals surface area contributed by atoms with E-state index in [2.05, 4.69) is 0 Å². The minimum Gasteiger partial charge on any atom is -0.618 e. The molecule has 0 amide bonds. The van der Waals surface area contributed by atoms with Crippen molar-refractivity contribution in [2.75, 3.05) is 13.2 Å². The third kappa shape index (κ3) is 3.36. The Balaban J connectivity index is 1.85. The smallest absolute Gasteiger partial charge is 0.196 e. The highest BCUT2D eigenvalue weighted by Crippen LogP contribution is 2.24. The van der Waals surface area contributed by atoms with Crippen LogP contribution in [-0.4, -0.2) is 25.1 Å². The van der Waals surface area contributed by atoms with E-state index in [0.717, 1.165) is 22.5 Å². The Kier molecular flexibility index (Phi) is 3.96. The van der Waals surface area contributed by atoms with Crippen molar-refractivity contribution in [2.24, 2.45) is 0 Å². The highest BCUT2D eigenvalue weighted by molar-refractivity contribution is 5.31. The van der Waals surface area contributed by atoms with Crippen LogP contribution < -0.4 is 9.47 Å². The van der Waals surface area contributed by atoms with Crippen molar-refractivity contribution in [3.63, 3.8) is 0 Å². The number of pyridine rings is 1. The van der Waals surface area contributed by atoms with Gasteiger partial charge in [0.2, 0.25) is 0 Å². The molecular weight excluding hydrogens is 246 g/mol. The Bertz CT molecular complexity index is 459. The zero-order valence-corrected chi connectivity index (χ0v) is 11.9. The number of hydrogen-bond acceptors (Lipinski definition) is 4. The molecule has 0 aliphatic carbocycles. The summed E-state index contributed by atoms with van der Waals surface area (Å²) in [5.74, 6) is 0.264. The number of ether oxygens (including phenoxy) is 3. The van der Waals surface area contributed by atoms with Gasteiger partial charge in [-0.1, -0.05) is 0 Å². The Labute approximate surface area is 113 Å². The van der Waals surface area contributed by atoms with Crippen LogP contribution >= 0.6 is 0 Å². The first-order chi connectivity index (χ1) is 8.89. The van der Waals surface area contributed by atoms with Crippen LogP contribution in [-0.2, 0) is 9.47 Å². The SMILES string of the molecule is Cc1c(OCCC2COC(C)(C)O2)cc[n+]([O-])c1C. The van der Waals surface area contributed by atoms with Crippen LogP contribution in [0.15, 0.2) is 12.3 Å². The van der Waals surface area contributed by atoms with Crippen LogP contribution in [0.3, 0.4) is 0 Å². The Morgan fingerprint density at radius 1 is 1.47 bits per heavy atom. The molecule has 0 aromatic carbocycles. The molecular formula is C14H21NO4. The second-order valence-electron chi connectivity index (χ2n) is 5.30. The van der Waals surface area contributed by atoms with E-state index in [0.29, 0.717) is 18.9 Å². The summed E-state index contributed by atoms with van der Waals surface area (Å²) in [7, 11) is 0. The molecule has 0 radical (unpaired) electrons. The molecule has 1 aliphatic rings. The van der Waals surface area contributed by atoms with Crippen LogP contribution in [0.1, 0.15) is 31.5 Å². The van der Waals surface area contributed by atoms with Gasteiger partial charge >= 0.3 is 0 Å². The predicted octanol–water partition coefficient (Wildman–Crippen LogP) is 1.86. The lowest BCUT2D eigenvalue weighted by atomic mass is 10.2. The lowest BCUT2D eigenvalue weighted by Gasteiger charge is -2.17. The molecule has 2 rings (SSSR count). The van der Waals surface area contributed by atoms with Gasteiger partial charge in [-0.25, -0.2) is 0 Å². The first kappa shape index (κ1) is 14.1. The maximum Gasteiger partial charge on any atom is 0.196 e. The third-order valence-corrected chi connectivity index (χ3v) is 3.37. The van der Waals surface area contributed by atoms with E-state index in [1.54, 1.807) is 13.0 Å². The summed E-state index contributed by atoms with van der Waals surface area (Å²) < 4.78 is 17.8. The fourth-order valence-corrected chi connectivity index (χ4v) is 2.08. The molecule has 5 nitrogen and oxygen atoms in total. The zero-order valence-electron chi connectivity index (χ0n) is 11.9. The van der Waals surface area contributed by atoms with Crippen LogP contribution in [0.25, 0.3) is 0 Å². The van der Waals surface area contributed by atoms with Gasteiger partial charge in [-0.3, -0.25) is 0 Å². The van der Waals surface area contributed by atoms with E-state index in [9.17, 15) is 5.21 Å². The van der Waals surface area contributed by atoms with Crippen molar-refractivity contribution in [1.82, 2.24) is 0 Å². The molecule has 0 bridgehead atoms. The van der Waals surface area contributed by atoms with Crippen molar-refractivity contribution < 1.29 is 18.9 Å². The standard InChI is InChI=1S/C14H21NO4/c1-10-11(2)15(16)7-5-13(10)17-8-6-12-9-18-14(3,4)19-12/h5,7,12H,6,8-9H2,1-4H3. The van der Waals surface area contributed by atoms with Gasteiger partial charge in [-0.15, -0.1) is 0 Å². The monoisotopic (exact) mass is 267 g/mol. The Morgan fingerprint density at radius 2 is 2.21 bits per heavy atom. The van der Waals surface area contributed by atoms with Crippen LogP contribution in [0.5, 0.6) is 5.75 Å². The number of hydrogen-bond donors (Lipinski definition) is 0. The Hall–Kier alpha value is -1.33. The maximum absolute atomic E-state index is 11.4. The van der Waals surface area contributed by atoms with Crippen molar-refractivity contribution in [2.45, 2.75) is 46.0 Å². The highest BCUT2D eigenvalue weighted by atomic mass is 16.7. The van der Waals surface area contributed by atoms with Crippen molar-refractivity contribution in [3.05, 3.63) is 28.7 Å². The average molecular weight is 267 g/mol. The van der Waals surface area contributed by atoms with Gasteiger partial charge in [0.1, 0.15) is 5.75 Å². The normalized spacial score (nSPS) is 21.6. The van der Waals surface area contributed by atoms with Gasteiger partial charge < -0.3 is 19.4 Å². The number of nitrogens with zero attached hydrogens (tertiary/aromatic N) is 1. The second-order valence-corrected chi connectivity index (χ2v) is 5.30. The molecule has 19 heavy (non-hydrogen) atoms. The van der Waals surface area contributed by atoms with E-state index in [-0.39, 0.29) is 6.10 Å². The molecule has 2 heterocycles. The van der Waals surface area contributed by atoms with Crippen LogP contribution in [0.2, 0.25) is 0 Å². The van der Waals surface area contributed by atoms with E-state index in [1.807, 2.05) is 20.8 Å². The van der Waals surface area contributed by atoms with E-state index >= 15 is 0 Å². The summed E-state index contributed by atoms with van der Waals surface area (Å²) in [5.41, 5.74) is 1.54. The molecule has 1 unspecified atom stereocenters. The van der Waals surface area contributed by atoms with Crippen molar-refractivity contribution >= 4 is 0 Å². The minimum atomic E-state index is -0.488. The Morgan fingerprint density at radius 3 is 2.84 bits per heavy atom. The summed E-state index contributed by atoms with van der Waals surface area (Å²) in [5, 5.41) is 11.4. The van der Waals surface area contributed by atoms with Gasteiger partial charge in [0.05, 0.1) is 24.9 Å². The fraction of sp³-hybridized carbons (Fsp3) is 0.643. The molecule has 106 valence electrons. The average Bonchev–Trinajstić information content (AvgIpc) is 2.69. The van der Waals surface area contributed by atoms with Crippen LogP contribution in [0, 0.1) is 19.1 Å². The predicted molar refractivity (Wildman–Crippen MR) is 69.9 cm³/mol. The topological polar surface area (TPSA) is 54.6 Å². The van der Waals surface area contributed by atoms with Gasteiger partial charge in [0.15, 0.2) is 17.7 Å². The third-order valence-electron chi connectivity index (χ3n) is 3.37. The molecule has 0 N–H and O–H groups in total. The molecule has 0 spiro atoms. The molecule has 1 atom stereocenters. The van der Waals surface area contributed by atoms with E-state index < -0.39 is 5.79 Å². The maximum atomic E-state index is 11.4. The molecule has 1 aromatic heterocycles. The first-order valence-electron chi connectivity index (χ1n) is 6.53. The lowest BCUT2D eigenvalue weighted by molar-refractivity contribution is -0.612. The van der Waals surface area contributed by atoms with Gasteiger partial charge in [0, 0.05) is 19.4 Å². The van der Waals surface area contributed by atoms with Crippen molar-refractivity contribution in [3.8, 4) is 5.75 Å². The summed E-state index contributed by atoms with van der Waals surface area (Å²) in [6.45, 7) is 8.64. The minimum absolute atomic E-state index is 0.0737. The van der Waals surface area contributed by atoms with Gasteiger partial charge in [-0.05, 0) is 20.8 Å². The molecule has 1 saturated heterocycles. The summed E-state index contributed by atoms with van der Waals surface area (Å²) in [6, 6.07) is 1.70. The van der Waals surface area contributed by atoms with Gasteiger partial charge in [-0.2, -0.15) is 4.73 Å². The second kappa shape index (κ2) is 5.35. The highest BCUT2D eigenvalue weighted by Gasteiger charge is 2.32. The van der Waals surface area contributed by atoms with Gasteiger partial charge in [0.25, 0.3) is 0 Å². The first-order valence-corrected chi connectivity index (χ1v) is 6.53. The number of aromatic nitrogens is 1. The molecule has 1 aliphatic heterocycles. The molecule has 0 saturated carbocycles. The van der Waals surface area contributed by atoms with Crippen molar-refractivity contribution in [1.29, 1.82) is 0 Å². The molecule has 5 heteroatoms. The van der Waals surface area contributed by atoms with Crippen LogP contribution in [0.4, 0.5) is 0 Å². The summed E-state index contributed by atoms with van der Waals surface area (Å²) >= 11 is 0. The van der Waals surface area contributed by atoms with E-state index in [1.165, 1.54) is 6.20 Å². The molecule has 1 aromatic rings. The quantitative estimate of drug-likeness (QED) is 0.617. The summed E-state index contributed by atoms with van der Waals surface area (Å²) in [6.07, 6.45) is 2.31.